The number of nitrogens with one attached hydrogen (secondary N) is 1. The molecule has 0 saturated heterocycles. The Morgan fingerprint density at radius 1 is 1.07 bits per heavy atom. The molecule has 0 spiro atoms. The van der Waals surface area contributed by atoms with Gasteiger partial charge in [-0.15, -0.1) is 0 Å². The standard InChI is InChI=1S/C20H18N6O3/c21-16(27)13-8-4-7-12-14(10-29-15(12)13)18-24-19(17(22)28)26-20(25-18)23-9-11-5-2-1-3-6-11/h1-8,10,12,15H,9H2,(H2,21,27)(H2,22,28)(H,23,24,25,26). The van der Waals surface area contributed by atoms with Crippen molar-refractivity contribution in [1.82, 2.24) is 15.0 Å². The average Bonchev–Trinajstić information content (AvgIpc) is 3.17. The highest BCUT2D eigenvalue weighted by Gasteiger charge is 2.38. The van der Waals surface area contributed by atoms with Crippen molar-refractivity contribution >= 4 is 23.3 Å². The largest absolute Gasteiger partial charge is 0.492 e. The van der Waals surface area contributed by atoms with Crippen LogP contribution in [0.1, 0.15) is 22.0 Å². The molecular weight excluding hydrogens is 372 g/mol. The van der Waals surface area contributed by atoms with E-state index in [1.807, 2.05) is 36.4 Å². The lowest BCUT2D eigenvalue weighted by Crippen LogP contribution is -2.30. The fourth-order valence-electron chi connectivity index (χ4n) is 3.21. The van der Waals surface area contributed by atoms with Crippen molar-refractivity contribution in [3.63, 3.8) is 0 Å². The van der Waals surface area contributed by atoms with Gasteiger partial charge in [0.2, 0.25) is 17.7 Å². The van der Waals surface area contributed by atoms with E-state index in [9.17, 15) is 9.59 Å². The number of carbonyl (C=O) groups excluding carboxylic acids is 2. The van der Waals surface area contributed by atoms with Gasteiger partial charge < -0.3 is 21.5 Å². The number of primary amides is 2. The van der Waals surface area contributed by atoms with Gasteiger partial charge in [0.15, 0.2) is 5.82 Å². The van der Waals surface area contributed by atoms with Crippen LogP contribution in [0.25, 0.3) is 5.57 Å². The summed E-state index contributed by atoms with van der Waals surface area (Å²) in [4.78, 5) is 36.1. The van der Waals surface area contributed by atoms with Crippen molar-refractivity contribution < 1.29 is 14.3 Å². The number of rotatable bonds is 6. The molecule has 0 fully saturated rings. The van der Waals surface area contributed by atoms with E-state index in [-0.39, 0.29) is 23.5 Å². The molecule has 4 rings (SSSR count). The molecule has 2 atom stereocenters. The Labute approximate surface area is 166 Å². The maximum absolute atomic E-state index is 11.7. The summed E-state index contributed by atoms with van der Waals surface area (Å²) in [7, 11) is 0. The Morgan fingerprint density at radius 2 is 1.86 bits per heavy atom. The molecule has 0 bridgehead atoms. The molecule has 29 heavy (non-hydrogen) atoms. The third-order valence-corrected chi connectivity index (χ3v) is 4.62. The Balaban J connectivity index is 1.63. The molecule has 2 amide bonds. The lowest BCUT2D eigenvalue weighted by molar-refractivity contribution is -0.115. The fraction of sp³-hybridized carbons (Fsp3) is 0.150. The van der Waals surface area contributed by atoms with Crippen molar-refractivity contribution in [2.75, 3.05) is 5.32 Å². The zero-order chi connectivity index (χ0) is 20.4. The summed E-state index contributed by atoms with van der Waals surface area (Å²) in [6.07, 6.45) is 6.13. The van der Waals surface area contributed by atoms with Crippen LogP contribution < -0.4 is 16.8 Å². The van der Waals surface area contributed by atoms with E-state index in [0.717, 1.165) is 5.56 Å². The number of anilines is 1. The third kappa shape index (κ3) is 3.70. The van der Waals surface area contributed by atoms with Gasteiger partial charge in [-0.05, 0) is 5.56 Å². The summed E-state index contributed by atoms with van der Waals surface area (Å²) < 4.78 is 5.65. The highest BCUT2D eigenvalue weighted by Crippen LogP contribution is 2.38. The molecule has 9 heteroatoms. The van der Waals surface area contributed by atoms with Gasteiger partial charge in [-0.3, -0.25) is 9.59 Å². The number of amides is 2. The Hall–Kier alpha value is -4.01. The minimum Gasteiger partial charge on any atom is -0.492 e. The molecule has 1 aliphatic heterocycles. The zero-order valence-electron chi connectivity index (χ0n) is 15.3. The first-order valence-electron chi connectivity index (χ1n) is 8.90. The van der Waals surface area contributed by atoms with Gasteiger partial charge in [0.05, 0.1) is 17.8 Å². The first kappa shape index (κ1) is 18.4. The molecule has 1 aromatic heterocycles. The molecule has 1 aliphatic carbocycles. The second-order valence-corrected chi connectivity index (χ2v) is 6.54. The molecule has 0 radical (unpaired) electrons. The second-order valence-electron chi connectivity index (χ2n) is 6.54. The van der Waals surface area contributed by atoms with Gasteiger partial charge >= 0.3 is 0 Å². The van der Waals surface area contributed by atoms with E-state index in [2.05, 4.69) is 20.3 Å². The molecule has 2 aromatic rings. The van der Waals surface area contributed by atoms with E-state index < -0.39 is 17.9 Å². The number of ether oxygens (including phenoxy) is 1. The molecule has 2 unspecified atom stereocenters. The molecular formula is C20H18N6O3. The molecule has 2 heterocycles. The van der Waals surface area contributed by atoms with E-state index in [4.69, 9.17) is 16.2 Å². The van der Waals surface area contributed by atoms with Crippen LogP contribution in [0.5, 0.6) is 0 Å². The topological polar surface area (TPSA) is 146 Å². The number of hydrogen-bond acceptors (Lipinski definition) is 7. The second kappa shape index (κ2) is 7.55. The van der Waals surface area contributed by atoms with Crippen LogP contribution in [-0.4, -0.2) is 32.9 Å². The number of benzene rings is 1. The summed E-state index contributed by atoms with van der Waals surface area (Å²) in [5.74, 6) is -1.36. The zero-order valence-corrected chi connectivity index (χ0v) is 15.3. The number of fused-ring (bicyclic) bond motifs is 1. The average molecular weight is 390 g/mol. The van der Waals surface area contributed by atoms with Gasteiger partial charge in [-0.25, -0.2) is 4.98 Å². The van der Waals surface area contributed by atoms with Crippen LogP contribution >= 0.6 is 0 Å². The number of hydrogen-bond donors (Lipinski definition) is 3. The van der Waals surface area contributed by atoms with Crippen LogP contribution in [0.3, 0.4) is 0 Å². The lowest BCUT2D eigenvalue weighted by atomic mass is 9.86. The van der Waals surface area contributed by atoms with Gasteiger partial charge in [0.25, 0.3) is 5.91 Å². The number of aromatic nitrogens is 3. The number of nitrogens with two attached hydrogens (primary N) is 2. The smallest absolute Gasteiger partial charge is 0.286 e. The summed E-state index contributed by atoms with van der Waals surface area (Å²) in [5, 5.41) is 3.08. The van der Waals surface area contributed by atoms with Gasteiger partial charge in [0, 0.05) is 12.1 Å². The normalized spacial score (nSPS) is 19.6. The highest BCUT2D eigenvalue weighted by molar-refractivity contribution is 5.95. The number of allylic oxidation sites excluding steroid dienone is 2. The van der Waals surface area contributed by atoms with Crippen LogP contribution in [0.15, 0.2) is 60.4 Å². The van der Waals surface area contributed by atoms with E-state index in [1.165, 1.54) is 6.26 Å². The van der Waals surface area contributed by atoms with Gasteiger partial charge in [-0.1, -0.05) is 48.6 Å². The lowest BCUT2D eigenvalue weighted by Gasteiger charge is -2.21. The Kier molecular flexibility index (Phi) is 4.78. The maximum atomic E-state index is 11.7. The van der Waals surface area contributed by atoms with Crippen LogP contribution in [-0.2, 0) is 16.1 Å². The fourth-order valence-corrected chi connectivity index (χ4v) is 3.21. The first-order chi connectivity index (χ1) is 14.0. The SMILES string of the molecule is NC(=O)C1=CC=CC2C(c3nc(NCc4ccccc4)nc(C(N)=O)n3)=COC12. The predicted octanol–water partition coefficient (Wildman–Crippen LogP) is 0.920. The third-order valence-electron chi connectivity index (χ3n) is 4.62. The highest BCUT2D eigenvalue weighted by atomic mass is 16.5. The van der Waals surface area contributed by atoms with E-state index in [1.54, 1.807) is 12.2 Å². The quantitative estimate of drug-likeness (QED) is 0.664. The van der Waals surface area contributed by atoms with E-state index >= 15 is 0 Å². The van der Waals surface area contributed by atoms with Crippen molar-refractivity contribution in [3.05, 3.63) is 77.6 Å². The van der Waals surface area contributed by atoms with Gasteiger partial charge in [-0.2, -0.15) is 9.97 Å². The maximum Gasteiger partial charge on any atom is 0.286 e. The Morgan fingerprint density at radius 3 is 2.59 bits per heavy atom. The monoisotopic (exact) mass is 390 g/mol. The predicted molar refractivity (Wildman–Crippen MR) is 105 cm³/mol. The summed E-state index contributed by atoms with van der Waals surface area (Å²) >= 11 is 0. The van der Waals surface area contributed by atoms with Crippen molar-refractivity contribution in [1.29, 1.82) is 0 Å². The molecule has 5 N–H and O–H groups in total. The van der Waals surface area contributed by atoms with Crippen molar-refractivity contribution in [3.8, 4) is 0 Å². The van der Waals surface area contributed by atoms with Crippen molar-refractivity contribution in [2.24, 2.45) is 17.4 Å². The molecule has 146 valence electrons. The minimum atomic E-state index is -0.774. The first-order valence-corrected chi connectivity index (χ1v) is 8.90. The van der Waals surface area contributed by atoms with Crippen molar-refractivity contribution in [2.45, 2.75) is 12.6 Å². The number of nitrogens with zero attached hydrogens (tertiary/aromatic N) is 3. The molecule has 1 aromatic carbocycles. The number of carbonyl (C=O) groups is 2. The molecule has 0 saturated carbocycles. The molecule has 2 aliphatic rings. The summed E-state index contributed by atoms with van der Waals surface area (Å²) in [6, 6.07) is 9.67. The summed E-state index contributed by atoms with van der Waals surface area (Å²) in [6.45, 7) is 0.457. The van der Waals surface area contributed by atoms with Crippen LogP contribution in [0.4, 0.5) is 5.95 Å². The van der Waals surface area contributed by atoms with Crippen LogP contribution in [0, 0.1) is 5.92 Å². The van der Waals surface area contributed by atoms with E-state index in [0.29, 0.717) is 17.7 Å². The Bertz CT molecular complexity index is 1060. The molecule has 9 nitrogen and oxygen atoms in total. The minimum absolute atomic E-state index is 0.166. The van der Waals surface area contributed by atoms with Gasteiger partial charge in [0.1, 0.15) is 6.10 Å². The van der Waals surface area contributed by atoms with Crippen LogP contribution in [0.2, 0.25) is 0 Å². The summed E-state index contributed by atoms with van der Waals surface area (Å²) in [5.41, 5.74) is 12.8.